The highest BCUT2D eigenvalue weighted by atomic mass is 14.8. The second-order valence-corrected chi connectivity index (χ2v) is 3.86. The maximum absolute atomic E-state index is 3.26. The summed E-state index contributed by atoms with van der Waals surface area (Å²) in [5.74, 6) is 0. The van der Waals surface area contributed by atoms with Crippen LogP contribution in [0.2, 0.25) is 0 Å². The van der Waals surface area contributed by atoms with E-state index in [1.165, 1.54) is 30.4 Å². The Kier molecular flexibility index (Phi) is 4.68. The van der Waals surface area contributed by atoms with Crippen LogP contribution in [-0.2, 0) is 6.42 Å². The second-order valence-electron chi connectivity index (χ2n) is 3.86. The van der Waals surface area contributed by atoms with Crippen molar-refractivity contribution in [2.24, 2.45) is 0 Å². The van der Waals surface area contributed by atoms with Gasteiger partial charge in [0, 0.05) is 6.04 Å². The Morgan fingerprint density at radius 1 is 1.36 bits per heavy atom. The van der Waals surface area contributed by atoms with Gasteiger partial charge in [0.15, 0.2) is 0 Å². The molecule has 78 valence electrons. The zero-order valence-corrected chi connectivity index (χ0v) is 9.51. The van der Waals surface area contributed by atoms with Crippen molar-refractivity contribution < 1.29 is 0 Å². The van der Waals surface area contributed by atoms with Crippen molar-refractivity contribution in [3.63, 3.8) is 0 Å². The molecule has 0 aliphatic rings. The SMILES string of the molecule is CCCCc1cccc(C(C)NC)c1. The first-order valence-electron chi connectivity index (χ1n) is 5.54. The van der Waals surface area contributed by atoms with E-state index in [4.69, 9.17) is 0 Å². The van der Waals surface area contributed by atoms with Crippen LogP contribution in [0.5, 0.6) is 0 Å². The largest absolute Gasteiger partial charge is 0.313 e. The third kappa shape index (κ3) is 3.15. The molecular weight excluding hydrogens is 170 g/mol. The normalized spacial score (nSPS) is 12.8. The van der Waals surface area contributed by atoms with Crippen molar-refractivity contribution in [2.45, 2.75) is 39.2 Å². The summed E-state index contributed by atoms with van der Waals surface area (Å²) < 4.78 is 0. The van der Waals surface area contributed by atoms with Crippen molar-refractivity contribution in [3.05, 3.63) is 35.4 Å². The number of nitrogens with one attached hydrogen (secondary N) is 1. The molecule has 0 fully saturated rings. The van der Waals surface area contributed by atoms with Crippen molar-refractivity contribution in [1.82, 2.24) is 5.32 Å². The Bertz CT molecular complexity index is 268. The fraction of sp³-hybridized carbons (Fsp3) is 0.538. The highest BCUT2D eigenvalue weighted by Crippen LogP contribution is 2.14. The molecule has 0 aliphatic heterocycles. The van der Waals surface area contributed by atoms with Crippen molar-refractivity contribution in [1.29, 1.82) is 0 Å². The van der Waals surface area contributed by atoms with Crippen molar-refractivity contribution in [2.75, 3.05) is 7.05 Å². The predicted octanol–water partition coefficient (Wildman–Crippen LogP) is 3.31. The molecule has 0 spiro atoms. The summed E-state index contributed by atoms with van der Waals surface area (Å²) in [6.07, 6.45) is 3.77. The molecule has 1 atom stereocenters. The minimum absolute atomic E-state index is 0.455. The predicted molar refractivity (Wildman–Crippen MR) is 62.5 cm³/mol. The topological polar surface area (TPSA) is 12.0 Å². The lowest BCUT2D eigenvalue weighted by atomic mass is 10.0. The molecule has 0 amide bonds. The molecule has 1 unspecified atom stereocenters. The molecule has 1 rings (SSSR count). The summed E-state index contributed by atoms with van der Waals surface area (Å²) >= 11 is 0. The number of hydrogen-bond donors (Lipinski definition) is 1. The number of unbranched alkanes of at least 4 members (excludes halogenated alkanes) is 1. The lowest BCUT2D eigenvalue weighted by Crippen LogP contribution is -2.12. The molecule has 0 saturated carbocycles. The van der Waals surface area contributed by atoms with Gasteiger partial charge in [-0.15, -0.1) is 0 Å². The molecule has 14 heavy (non-hydrogen) atoms. The van der Waals surface area contributed by atoms with Gasteiger partial charge in [-0.3, -0.25) is 0 Å². The molecule has 0 saturated heterocycles. The Morgan fingerprint density at radius 2 is 2.14 bits per heavy atom. The van der Waals surface area contributed by atoms with Gasteiger partial charge in [-0.2, -0.15) is 0 Å². The van der Waals surface area contributed by atoms with Crippen LogP contribution in [0.25, 0.3) is 0 Å². The van der Waals surface area contributed by atoms with E-state index >= 15 is 0 Å². The van der Waals surface area contributed by atoms with Gasteiger partial charge in [-0.25, -0.2) is 0 Å². The van der Waals surface area contributed by atoms with Crippen molar-refractivity contribution >= 4 is 0 Å². The van der Waals surface area contributed by atoms with Crippen molar-refractivity contribution in [3.8, 4) is 0 Å². The molecule has 0 heterocycles. The molecule has 0 bridgehead atoms. The van der Waals surface area contributed by atoms with Gasteiger partial charge in [-0.1, -0.05) is 37.6 Å². The zero-order chi connectivity index (χ0) is 10.4. The Labute approximate surface area is 87.5 Å². The summed E-state index contributed by atoms with van der Waals surface area (Å²) in [7, 11) is 2.00. The molecule has 1 heteroatoms. The van der Waals surface area contributed by atoms with Gasteiger partial charge in [0.05, 0.1) is 0 Å². The van der Waals surface area contributed by atoms with Crippen LogP contribution in [0.4, 0.5) is 0 Å². The lowest BCUT2D eigenvalue weighted by molar-refractivity contribution is 0.650. The van der Waals surface area contributed by atoms with Gasteiger partial charge in [0.1, 0.15) is 0 Å². The van der Waals surface area contributed by atoms with Crippen LogP contribution in [0, 0.1) is 0 Å². The molecule has 0 aliphatic carbocycles. The second kappa shape index (κ2) is 5.82. The summed E-state index contributed by atoms with van der Waals surface area (Å²) in [4.78, 5) is 0. The number of benzene rings is 1. The van der Waals surface area contributed by atoms with E-state index in [9.17, 15) is 0 Å². The number of rotatable bonds is 5. The van der Waals surface area contributed by atoms with E-state index in [1.54, 1.807) is 0 Å². The molecule has 0 aromatic heterocycles. The van der Waals surface area contributed by atoms with E-state index < -0.39 is 0 Å². The van der Waals surface area contributed by atoms with E-state index in [1.807, 2.05) is 7.05 Å². The molecule has 0 radical (unpaired) electrons. The third-order valence-electron chi connectivity index (χ3n) is 2.70. The Morgan fingerprint density at radius 3 is 2.79 bits per heavy atom. The minimum Gasteiger partial charge on any atom is -0.313 e. The summed E-state index contributed by atoms with van der Waals surface area (Å²) in [5.41, 5.74) is 2.85. The van der Waals surface area contributed by atoms with E-state index in [2.05, 4.69) is 43.4 Å². The fourth-order valence-corrected chi connectivity index (χ4v) is 1.57. The minimum atomic E-state index is 0.455. The third-order valence-corrected chi connectivity index (χ3v) is 2.70. The first kappa shape index (κ1) is 11.3. The highest BCUT2D eigenvalue weighted by Gasteiger charge is 2.02. The van der Waals surface area contributed by atoms with Crippen LogP contribution in [0.15, 0.2) is 24.3 Å². The van der Waals surface area contributed by atoms with Gasteiger partial charge in [0.2, 0.25) is 0 Å². The van der Waals surface area contributed by atoms with Gasteiger partial charge >= 0.3 is 0 Å². The monoisotopic (exact) mass is 191 g/mol. The molecular formula is C13H21N. The number of aryl methyl sites for hydroxylation is 1. The van der Waals surface area contributed by atoms with Gasteiger partial charge in [-0.05, 0) is 37.9 Å². The van der Waals surface area contributed by atoms with Crippen LogP contribution < -0.4 is 5.32 Å². The smallest absolute Gasteiger partial charge is 0.0289 e. The summed E-state index contributed by atoms with van der Waals surface area (Å²) in [6, 6.07) is 9.35. The standard InChI is InChI=1S/C13H21N/c1-4-5-7-12-8-6-9-13(10-12)11(2)14-3/h6,8-11,14H,4-5,7H2,1-3H3. The quantitative estimate of drug-likeness (QED) is 0.753. The van der Waals surface area contributed by atoms with Gasteiger partial charge < -0.3 is 5.32 Å². The Balaban J connectivity index is 2.68. The average Bonchev–Trinajstić information content (AvgIpc) is 2.25. The lowest BCUT2D eigenvalue weighted by Gasteiger charge is -2.11. The highest BCUT2D eigenvalue weighted by molar-refractivity contribution is 5.25. The van der Waals surface area contributed by atoms with Crippen LogP contribution >= 0.6 is 0 Å². The summed E-state index contributed by atoms with van der Waals surface area (Å²) in [6.45, 7) is 4.43. The van der Waals surface area contributed by atoms with Crippen LogP contribution in [-0.4, -0.2) is 7.05 Å². The molecule has 1 N–H and O–H groups in total. The first-order valence-corrected chi connectivity index (χ1v) is 5.54. The number of hydrogen-bond acceptors (Lipinski definition) is 1. The first-order chi connectivity index (χ1) is 6.77. The molecule has 1 nitrogen and oxygen atoms in total. The van der Waals surface area contributed by atoms with E-state index in [0.29, 0.717) is 6.04 Å². The molecule has 1 aromatic carbocycles. The Hall–Kier alpha value is -0.820. The van der Waals surface area contributed by atoms with Crippen LogP contribution in [0.3, 0.4) is 0 Å². The van der Waals surface area contributed by atoms with Crippen LogP contribution in [0.1, 0.15) is 43.9 Å². The maximum Gasteiger partial charge on any atom is 0.0289 e. The summed E-state index contributed by atoms with van der Waals surface area (Å²) in [5, 5.41) is 3.26. The molecule has 1 aromatic rings. The zero-order valence-electron chi connectivity index (χ0n) is 9.51. The average molecular weight is 191 g/mol. The van der Waals surface area contributed by atoms with E-state index in [0.717, 1.165) is 0 Å². The van der Waals surface area contributed by atoms with E-state index in [-0.39, 0.29) is 0 Å². The van der Waals surface area contributed by atoms with Gasteiger partial charge in [0.25, 0.3) is 0 Å². The fourth-order valence-electron chi connectivity index (χ4n) is 1.57. The maximum atomic E-state index is 3.26.